The zero-order valence-electron chi connectivity index (χ0n) is 10.9. The largest absolute Gasteiger partial charge is 0.394 e. The summed E-state index contributed by atoms with van der Waals surface area (Å²) in [5.41, 5.74) is 0. The highest BCUT2D eigenvalue weighted by Gasteiger charge is 2.18. The SMILES string of the molecule is OCCOC1CCN(CCCn2ccnc2)CC1. The third kappa shape index (κ3) is 4.40. The standard InChI is InChI=1S/C13H23N3O2/c17-10-11-18-13-2-7-15(8-3-13)5-1-6-16-9-4-14-12-16/h4,9,12-13,17H,1-3,5-8,10-11H2. The topological polar surface area (TPSA) is 50.5 Å². The normalized spacial score (nSPS) is 18.3. The number of nitrogens with zero attached hydrogens (tertiary/aromatic N) is 3. The smallest absolute Gasteiger partial charge is 0.0945 e. The van der Waals surface area contributed by atoms with E-state index < -0.39 is 0 Å². The van der Waals surface area contributed by atoms with Gasteiger partial charge < -0.3 is 19.3 Å². The molecule has 1 aromatic heterocycles. The molecule has 5 nitrogen and oxygen atoms in total. The second kappa shape index (κ2) is 7.51. The summed E-state index contributed by atoms with van der Waals surface area (Å²) in [5, 5.41) is 8.71. The van der Waals surface area contributed by atoms with Crippen LogP contribution in [-0.4, -0.2) is 58.5 Å². The van der Waals surface area contributed by atoms with Gasteiger partial charge in [-0.2, -0.15) is 0 Å². The Labute approximate surface area is 108 Å². The fourth-order valence-electron chi connectivity index (χ4n) is 2.41. The van der Waals surface area contributed by atoms with Crippen molar-refractivity contribution in [3.8, 4) is 0 Å². The van der Waals surface area contributed by atoms with Crippen LogP contribution >= 0.6 is 0 Å². The van der Waals surface area contributed by atoms with Crippen LogP contribution in [0.1, 0.15) is 19.3 Å². The van der Waals surface area contributed by atoms with Gasteiger partial charge >= 0.3 is 0 Å². The molecule has 0 spiro atoms. The average Bonchev–Trinajstić information content (AvgIpc) is 2.91. The zero-order chi connectivity index (χ0) is 12.6. The number of aryl methyl sites for hydroxylation is 1. The zero-order valence-corrected chi connectivity index (χ0v) is 10.9. The molecule has 0 atom stereocenters. The molecule has 1 N–H and O–H groups in total. The molecule has 0 saturated carbocycles. The predicted octanol–water partition coefficient (Wildman–Crippen LogP) is 0.746. The number of imidazole rings is 1. The molecule has 1 aromatic rings. The van der Waals surface area contributed by atoms with Crippen LogP contribution in [0.3, 0.4) is 0 Å². The molecule has 18 heavy (non-hydrogen) atoms. The molecule has 1 aliphatic heterocycles. The van der Waals surface area contributed by atoms with Gasteiger partial charge in [0.25, 0.3) is 0 Å². The van der Waals surface area contributed by atoms with Gasteiger partial charge in [-0.15, -0.1) is 0 Å². The van der Waals surface area contributed by atoms with E-state index in [9.17, 15) is 0 Å². The minimum Gasteiger partial charge on any atom is -0.394 e. The van der Waals surface area contributed by atoms with Gasteiger partial charge in [0.2, 0.25) is 0 Å². The average molecular weight is 253 g/mol. The lowest BCUT2D eigenvalue weighted by Crippen LogP contribution is -2.38. The molecule has 102 valence electrons. The summed E-state index contributed by atoms with van der Waals surface area (Å²) < 4.78 is 7.68. The van der Waals surface area contributed by atoms with E-state index in [1.165, 1.54) is 6.42 Å². The second-order valence-electron chi connectivity index (χ2n) is 4.79. The second-order valence-corrected chi connectivity index (χ2v) is 4.79. The molecule has 0 amide bonds. The summed E-state index contributed by atoms with van der Waals surface area (Å²) in [7, 11) is 0. The summed E-state index contributed by atoms with van der Waals surface area (Å²) in [4.78, 5) is 6.53. The Morgan fingerprint density at radius 3 is 2.78 bits per heavy atom. The molecule has 1 aliphatic rings. The molecule has 2 heterocycles. The highest BCUT2D eigenvalue weighted by molar-refractivity contribution is 4.75. The maximum absolute atomic E-state index is 8.71. The van der Waals surface area contributed by atoms with Gasteiger partial charge in [-0.05, 0) is 25.8 Å². The lowest BCUT2D eigenvalue weighted by Gasteiger charge is -2.31. The first kappa shape index (κ1) is 13.5. The van der Waals surface area contributed by atoms with Gasteiger partial charge in [-0.25, -0.2) is 4.98 Å². The highest BCUT2D eigenvalue weighted by Crippen LogP contribution is 2.13. The fourth-order valence-corrected chi connectivity index (χ4v) is 2.41. The van der Waals surface area contributed by atoms with Crippen molar-refractivity contribution < 1.29 is 9.84 Å². The first-order valence-electron chi connectivity index (χ1n) is 6.79. The van der Waals surface area contributed by atoms with E-state index in [1.54, 1.807) is 0 Å². The molecule has 1 fully saturated rings. The van der Waals surface area contributed by atoms with E-state index in [2.05, 4.69) is 14.5 Å². The van der Waals surface area contributed by atoms with Crippen molar-refractivity contribution in [2.75, 3.05) is 32.8 Å². The number of hydrogen-bond acceptors (Lipinski definition) is 4. The third-order valence-corrected chi connectivity index (χ3v) is 3.43. The van der Waals surface area contributed by atoms with Crippen LogP contribution in [0.2, 0.25) is 0 Å². The summed E-state index contributed by atoms with van der Waals surface area (Å²) in [6, 6.07) is 0. The Bertz CT molecular complexity index is 308. The maximum Gasteiger partial charge on any atom is 0.0945 e. The number of aliphatic hydroxyl groups excluding tert-OH is 1. The van der Waals surface area contributed by atoms with Crippen molar-refractivity contribution in [3.05, 3.63) is 18.7 Å². The first-order valence-corrected chi connectivity index (χ1v) is 6.79. The van der Waals surface area contributed by atoms with E-state index in [0.29, 0.717) is 12.7 Å². The summed E-state index contributed by atoms with van der Waals surface area (Å²) in [6.07, 6.45) is 9.39. The fraction of sp³-hybridized carbons (Fsp3) is 0.769. The Kier molecular flexibility index (Phi) is 5.64. The molecule has 2 rings (SSSR count). The van der Waals surface area contributed by atoms with E-state index in [1.807, 2.05) is 18.7 Å². The summed E-state index contributed by atoms with van der Waals surface area (Å²) in [6.45, 7) is 5.02. The molecule has 0 aromatic carbocycles. The molecule has 0 unspecified atom stereocenters. The highest BCUT2D eigenvalue weighted by atomic mass is 16.5. The Hall–Kier alpha value is -0.910. The quantitative estimate of drug-likeness (QED) is 0.779. The van der Waals surface area contributed by atoms with Crippen molar-refractivity contribution in [2.45, 2.75) is 31.9 Å². The van der Waals surface area contributed by atoms with E-state index in [0.717, 1.165) is 39.0 Å². The number of hydrogen-bond donors (Lipinski definition) is 1. The molecule has 0 aliphatic carbocycles. The summed E-state index contributed by atoms with van der Waals surface area (Å²) >= 11 is 0. The third-order valence-electron chi connectivity index (χ3n) is 3.43. The Balaban J connectivity index is 1.56. The van der Waals surface area contributed by atoms with Crippen LogP contribution in [0.25, 0.3) is 0 Å². The van der Waals surface area contributed by atoms with Crippen LogP contribution in [0.5, 0.6) is 0 Å². The lowest BCUT2D eigenvalue weighted by molar-refractivity contribution is -0.00793. The molecular weight excluding hydrogens is 230 g/mol. The minimum atomic E-state index is 0.130. The Morgan fingerprint density at radius 1 is 1.28 bits per heavy atom. The number of likely N-dealkylation sites (tertiary alicyclic amines) is 1. The van der Waals surface area contributed by atoms with Crippen molar-refractivity contribution in [2.24, 2.45) is 0 Å². The van der Waals surface area contributed by atoms with Crippen molar-refractivity contribution in [3.63, 3.8) is 0 Å². The molecule has 1 saturated heterocycles. The van der Waals surface area contributed by atoms with Crippen molar-refractivity contribution >= 4 is 0 Å². The monoisotopic (exact) mass is 253 g/mol. The van der Waals surface area contributed by atoms with Gasteiger partial charge in [-0.3, -0.25) is 0 Å². The van der Waals surface area contributed by atoms with Crippen LogP contribution in [-0.2, 0) is 11.3 Å². The molecule has 0 radical (unpaired) electrons. The van der Waals surface area contributed by atoms with Crippen LogP contribution in [0, 0.1) is 0 Å². The van der Waals surface area contributed by atoms with Crippen LogP contribution < -0.4 is 0 Å². The van der Waals surface area contributed by atoms with Crippen molar-refractivity contribution in [1.29, 1.82) is 0 Å². The number of aliphatic hydroxyl groups is 1. The first-order chi connectivity index (χ1) is 8.88. The minimum absolute atomic E-state index is 0.130. The molecule has 5 heteroatoms. The number of rotatable bonds is 7. The number of ether oxygens (including phenoxy) is 1. The van der Waals surface area contributed by atoms with E-state index in [4.69, 9.17) is 9.84 Å². The van der Waals surface area contributed by atoms with Gasteiger partial charge in [0.05, 0.1) is 25.6 Å². The lowest BCUT2D eigenvalue weighted by atomic mass is 10.1. The van der Waals surface area contributed by atoms with Gasteiger partial charge in [0.15, 0.2) is 0 Å². The summed E-state index contributed by atoms with van der Waals surface area (Å²) in [5.74, 6) is 0. The Morgan fingerprint density at radius 2 is 2.11 bits per heavy atom. The van der Waals surface area contributed by atoms with Gasteiger partial charge in [-0.1, -0.05) is 0 Å². The number of piperidine rings is 1. The van der Waals surface area contributed by atoms with Gasteiger partial charge in [0, 0.05) is 32.0 Å². The van der Waals surface area contributed by atoms with Gasteiger partial charge in [0.1, 0.15) is 0 Å². The van der Waals surface area contributed by atoms with Crippen molar-refractivity contribution in [1.82, 2.24) is 14.5 Å². The molecule has 0 bridgehead atoms. The van der Waals surface area contributed by atoms with Crippen LogP contribution in [0.4, 0.5) is 0 Å². The van der Waals surface area contributed by atoms with E-state index >= 15 is 0 Å². The maximum atomic E-state index is 8.71. The van der Waals surface area contributed by atoms with Crippen LogP contribution in [0.15, 0.2) is 18.7 Å². The molecular formula is C13H23N3O2. The number of aromatic nitrogens is 2. The predicted molar refractivity (Wildman–Crippen MR) is 69.3 cm³/mol. The van der Waals surface area contributed by atoms with E-state index in [-0.39, 0.29) is 6.61 Å².